The second kappa shape index (κ2) is 14.0. The van der Waals surface area contributed by atoms with E-state index in [-0.39, 0.29) is 0 Å². The van der Waals surface area contributed by atoms with Gasteiger partial charge >= 0.3 is 7.12 Å². The van der Waals surface area contributed by atoms with Crippen LogP contribution in [0.5, 0.6) is 11.6 Å². The zero-order valence-corrected chi connectivity index (χ0v) is 23.8. The van der Waals surface area contributed by atoms with Crippen LogP contribution in [-0.4, -0.2) is 47.3 Å². The summed E-state index contributed by atoms with van der Waals surface area (Å²) in [5, 5.41) is 31.6. The van der Waals surface area contributed by atoms with Crippen LogP contribution in [0.25, 0.3) is 33.2 Å². The van der Waals surface area contributed by atoms with Crippen LogP contribution in [0.15, 0.2) is 140 Å². The van der Waals surface area contributed by atoms with Crippen molar-refractivity contribution in [3.63, 3.8) is 0 Å². The molecule has 4 heterocycles. The molecule has 0 saturated carbocycles. The van der Waals surface area contributed by atoms with Gasteiger partial charge in [-0.1, -0.05) is 54.6 Å². The molecule has 0 unspecified atom stereocenters. The van der Waals surface area contributed by atoms with Crippen molar-refractivity contribution in [2.45, 2.75) is 0 Å². The number of ether oxygens (including phenoxy) is 1. The van der Waals surface area contributed by atoms with Crippen LogP contribution in [0.1, 0.15) is 0 Å². The van der Waals surface area contributed by atoms with Gasteiger partial charge in [-0.25, -0.2) is 9.97 Å². The first kappa shape index (κ1) is 29.1. The molecule has 7 rings (SSSR count). The molecule has 45 heavy (non-hydrogen) atoms. The smallest absolute Gasteiger partial charge is 0.438 e. The Morgan fingerprint density at radius 2 is 1.29 bits per heavy atom. The summed E-state index contributed by atoms with van der Waals surface area (Å²) < 4.78 is 6.08. The van der Waals surface area contributed by atoms with Gasteiger partial charge in [-0.2, -0.15) is 0 Å². The average Bonchev–Trinajstić information content (AvgIpc) is 3.11. The second-order valence-electron chi connectivity index (χ2n) is 9.69. The molecule has 3 N–H and O–H groups in total. The minimum Gasteiger partial charge on any atom is -0.438 e. The summed E-state index contributed by atoms with van der Waals surface area (Å²) in [4.78, 5) is 16.2. The summed E-state index contributed by atoms with van der Waals surface area (Å²) in [5.74, 6) is 1.82. The molecule has 218 valence electrons. The Morgan fingerprint density at radius 3 is 1.98 bits per heavy atom. The fraction of sp³-hybridized carbons (Fsp3) is 0. The number of aromatic nitrogens is 6. The standard InChI is InChI=1S/C29H20N6O.C5H6BNO2/c1-2-6-21(7-3-1)27-24-8-4-5-9-25(24)28(35-34-27)33-22-10-12-23(13-11-22)36-29-26(18-31-19-32-29)20-14-16-30-17-15-20;8-6(9)5-1-3-7-4-2-5/h1-19H,(H,33,35);1-4,8-9H. The summed E-state index contributed by atoms with van der Waals surface area (Å²) >= 11 is 0. The number of pyridine rings is 2. The number of hydrogen-bond donors (Lipinski definition) is 3. The van der Waals surface area contributed by atoms with Crippen LogP contribution < -0.4 is 15.5 Å². The van der Waals surface area contributed by atoms with Gasteiger partial charge in [-0.15, -0.1) is 10.2 Å². The van der Waals surface area contributed by atoms with Crippen molar-refractivity contribution in [1.82, 2.24) is 30.1 Å². The molecule has 0 aliphatic rings. The van der Waals surface area contributed by atoms with E-state index in [1.165, 1.54) is 18.7 Å². The maximum absolute atomic E-state index is 8.55. The molecule has 10 nitrogen and oxygen atoms in total. The van der Waals surface area contributed by atoms with E-state index in [4.69, 9.17) is 14.8 Å². The van der Waals surface area contributed by atoms with E-state index in [0.29, 0.717) is 22.9 Å². The summed E-state index contributed by atoms with van der Waals surface area (Å²) in [6.45, 7) is 0. The molecule has 0 aliphatic heterocycles. The predicted octanol–water partition coefficient (Wildman–Crippen LogP) is 5.45. The Bertz CT molecular complexity index is 1980. The normalized spacial score (nSPS) is 10.4. The molecule has 11 heteroatoms. The molecular weight excluding hydrogens is 565 g/mol. The minimum absolute atomic E-state index is 0.463. The third-order valence-electron chi connectivity index (χ3n) is 6.74. The first-order valence-electron chi connectivity index (χ1n) is 14.0. The van der Waals surface area contributed by atoms with Gasteiger partial charge in [0.15, 0.2) is 5.82 Å². The van der Waals surface area contributed by atoms with Crippen LogP contribution in [0.4, 0.5) is 11.5 Å². The Hall–Kier alpha value is -6.04. The van der Waals surface area contributed by atoms with Crippen molar-refractivity contribution in [2.75, 3.05) is 5.32 Å². The lowest BCUT2D eigenvalue weighted by Crippen LogP contribution is -2.29. The third kappa shape index (κ3) is 7.13. The van der Waals surface area contributed by atoms with Crippen molar-refractivity contribution in [3.8, 4) is 34.0 Å². The molecule has 0 bridgehead atoms. The zero-order valence-electron chi connectivity index (χ0n) is 23.8. The lowest BCUT2D eigenvalue weighted by Gasteiger charge is -2.12. The molecule has 7 aromatic rings. The number of nitrogens with zero attached hydrogens (tertiary/aromatic N) is 6. The van der Waals surface area contributed by atoms with Crippen molar-refractivity contribution in [3.05, 3.63) is 140 Å². The molecule has 0 radical (unpaired) electrons. The SMILES string of the molecule is OB(O)c1ccncc1.c1ccc(-c2nnc(Nc3ccc(Oc4ncncc4-c4ccncc4)cc3)c3ccccc23)cc1. The van der Waals surface area contributed by atoms with Gasteiger partial charge in [0.05, 0.1) is 5.56 Å². The van der Waals surface area contributed by atoms with Crippen molar-refractivity contribution in [1.29, 1.82) is 0 Å². The van der Waals surface area contributed by atoms with Gasteiger partial charge in [-0.05, 0) is 59.6 Å². The highest BCUT2D eigenvalue weighted by Gasteiger charge is 2.12. The van der Waals surface area contributed by atoms with Crippen LogP contribution in [0.2, 0.25) is 0 Å². The molecule has 0 fully saturated rings. The van der Waals surface area contributed by atoms with E-state index in [1.54, 1.807) is 30.7 Å². The molecule has 4 aromatic heterocycles. The quantitative estimate of drug-likeness (QED) is 0.205. The van der Waals surface area contributed by atoms with E-state index in [0.717, 1.165) is 38.8 Å². The Kier molecular flexibility index (Phi) is 9.01. The predicted molar refractivity (Wildman–Crippen MR) is 174 cm³/mol. The van der Waals surface area contributed by atoms with Gasteiger partial charge < -0.3 is 20.1 Å². The van der Waals surface area contributed by atoms with Crippen molar-refractivity contribution in [2.24, 2.45) is 0 Å². The highest BCUT2D eigenvalue weighted by molar-refractivity contribution is 6.58. The average molecular weight is 591 g/mol. The maximum Gasteiger partial charge on any atom is 0.488 e. The highest BCUT2D eigenvalue weighted by atomic mass is 16.5. The van der Waals surface area contributed by atoms with Gasteiger partial charge in [0.25, 0.3) is 0 Å². The molecule has 0 spiro atoms. The monoisotopic (exact) mass is 591 g/mol. The fourth-order valence-electron chi connectivity index (χ4n) is 4.52. The molecule has 0 aliphatic carbocycles. The van der Waals surface area contributed by atoms with Crippen LogP contribution in [0.3, 0.4) is 0 Å². The molecule has 0 amide bonds. The zero-order chi connectivity index (χ0) is 30.8. The number of hydrogen-bond acceptors (Lipinski definition) is 10. The summed E-state index contributed by atoms with van der Waals surface area (Å²) in [6.07, 6.45) is 9.68. The van der Waals surface area contributed by atoms with Gasteiger partial charge in [0.2, 0.25) is 5.88 Å². The molecule has 3 aromatic carbocycles. The van der Waals surface area contributed by atoms with Gasteiger partial charge in [0.1, 0.15) is 17.8 Å². The minimum atomic E-state index is -1.38. The third-order valence-corrected chi connectivity index (χ3v) is 6.74. The number of benzene rings is 3. The molecule has 0 atom stereocenters. The Labute approximate surface area is 259 Å². The Morgan fingerprint density at radius 1 is 0.622 bits per heavy atom. The van der Waals surface area contributed by atoms with Crippen LogP contribution in [0, 0.1) is 0 Å². The van der Waals surface area contributed by atoms with Crippen molar-refractivity contribution < 1.29 is 14.8 Å². The van der Waals surface area contributed by atoms with Crippen molar-refractivity contribution >= 4 is 34.9 Å². The molecule has 0 saturated heterocycles. The lowest BCUT2D eigenvalue weighted by molar-refractivity contribution is 0.425. The summed E-state index contributed by atoms with van der Waals surface area (Å²) in [6, 6.07) is 32.7. The number of anilines is 2. The number of rotatable bonds is 7. The summed E-state index contributed by atoms with van der Waals surface area (Å²) in [7, 11) is -1.38. The van der Waals surface area contributed by atoms with E-state index >= 15 is 0 Å². The van der Waals surface area contributed by atoms with Crippen LogP contribution >= 0.6 is 0 Å². The van der Waals surface area contributed by atoms with Gasteiger partial charge in [-0.3, -0.25) is 9.97 Å². The van der Waals surface area contributed by atoms with E-state index in [2.05, 4.69) is 41.5 Å². The van der Waals surface area contributed by atoms with Gasteiger partial charge in [0, 0.05) is 53.0 Å². The number of fused-ring (bicyclic) bond motifs is 1. The summed E-state index contributed by atoms with van der Waals surface area (Å²) in [5.41, 5.74) is 4.95. The first-order valence-corrected chi connectivity index (χ1v) is 14.0. The number of nitrogens with one attached hydrogen (secondary N) is 1. The van der Waals surface area contributed by atoms with E-state index in [1.807, 2.05) is 84.9 Å². The fourth-order valence-corrected chi connectivity index (χ4v) is 4.52. The van der Waals surface area contributed by atoms with E-state index < -0.39 is 7.12 Å². The second-order valence-corrected chi connectivity index (χ2v) is 9.69. The van der Waals surface area contributed by atoms with E-state index in [9.17, 15) is 0 Å². The van der Waals surface area contributed by atoms with Crippen LogP contribution in [-0.2, 0) is 0 Å². The Balaban J connectivity index is 0.000000343. The lowest BCUT2D eigenvalue weighted by atomic mass is 9.81. The largest absolute Gasteiger partial charge is 0.488 e. The topological polar surface area (TPSA) is 139 Å². The highest BCUT2D eigenvalue weighted by Crippen LogP contribution is 2.33. The maximum atomic E-state index is 8.55. The molecular formula is C34H26BN7O3. The first-order chi connectivity index (χ1) is 22.2.